The summed E-state index contributed by atoms with van der Waals surface area (Å²) in [5.74, 6) is 0.998. The van der Waals surface area contributed by atoms with E-state index in [2.05, 4.69) is 25.7 Å². The third-order valence-electron chi connectivity index (χ3n) is 5.50. The van der Waals surface area contributed by atoms with E-state index in [9.17, 15) is 9.59 Å². The third kappa shape index (κ3) is 5.89. The lowest BCUT2D eigenvalue weighted by Gasteiger charge is -2.32. The predicted octanol–water partition coefficient (Wildman–Crippen LogP) is 3.66. The van der Waals surface area contributed by atoms with Gasteiger partial charge in [0.15, 0.2) is 5.82 Å². The molecule has 0 radical (unpaired) electrons. The van der Waals surface area contributed by atoms with Crippen LogP contribution in [0.5, 0.6) is 0 Å². The fourth-order valence-corrected chi connectivity index (χ4v) is 4.49. The van der Waals surface area contributed by atoms with Gasteiger partial charge in [-0.3, -0.25) is 9.59 Å². The molecule has 2 N–H and O–H groups in total. The van der Waals surface area contributed by atoms with Crippen LogP contribution >= 0.6 is 23.4 Å². The maximum Gasteiger partial charge on any atom is 0.234 e. The van der Waals surface area contributed by atoms with Crippen LogP contribution in [0.1, 0.15) is 31.2 Å². The zero-order chi connectivity index (χ0) is 21.8. The van der Waals surface area contributed by atoms with Gasteiger partial charge >= 0.3 is 0 Å². The van der Waals surface area contributed by atoms with Crippen LogP contribution in [0.2, 0.25) is 5.02 Å². The molecule has 1 unspecified atom stereocenters. The number of nitrogens with one attached hydrogen (secondary N) is 2. The van der Waals surface area contributed by atoms with Crippen LogP contribution in [0.4, 0.5) is 11.5 Å². The first-order valence-corrected chi connectivity index (χ1v) is 11.9. The van der Waals surface area contributed by atoms with E-state index in [1.54, 1.807) is 6.07 Å². The van der Waals surface area contributed by atoms with Gasteiger partial charge in [0.1, 0.15) is 5.03 Å². The number of piperidine rings is 1. The summed E-state index contributed by atoms with van der Waals surface area (Å²) in [5, 5.41) is 15.8. The molecule has 0 bridgehead atoms. The Balaban J connectivity index is 1.28. The number of anilines is 2. The molecule has 31 heavy (non-hydrogen) atoms. The third-order valence-corrected chi connectivity index (χ3v) is 6.74. The summed E-state index contributed by atoms with van der Waals surface area (Å²) in [6, 6.07) is 9.67. The number of nitrogens with zero attached hydrogens (tertiary/aromatic N) is 3. The lowest BCUT2D eigenvalue weighted by Crippen LogP contribution is -2.44. The van der Waals surface area contributed by atoms with E-state index in [-0.39, 0.29) is 23.5 Å². The number of rotatable bonds is 7. The van der Waals surface area contributed by atoms with Crippen molar-refractivity contribution in [3.63, 3.8) is 0 Å². The van der Waals surface area contributed by atoms with Crippen molar-refractivity contribution in [2.45, 2.75) is 43.7 Å². The van der Waals surface area contributed by atoms with Gasteiger partial charge in [-0.1, -0.05) is 35.5 Å². The van der Waals surface area contributed by atoms with Gasteiger partial charge in [0.2, 0.25) is 11.8 Å². The Labute approximate surface area is 191 Å². The van der Waals surface area contributed by atoms with Crippen molar-refractivity contribution < 1.29 is 9.59 Å². The standard InChI is InChI=1S/C22H26ClN5O2S/c1-14-4-2-6-17(23)21(14)25-19(29)13-31-20-10-9-18(26-27-20)28-11-3-5-15(12-28)22(30)24-16-7-8-16/h2,4,6,9-10,15-16H,3,5,7-8,11-13H2,1H3,(H,24,30)(H,25,29). The number of para-hydroxylation sites is 1. The number of benzene rings is 1. The highest BCUT2D eigenvalue weighted by atomic mass is 35.5. The average Bonchev–Trinajstić information content (AvgIpc) is 3.59. The average molecular weight is 460 g/mol. The number of halogens is 1. The topological polar surface area (TPSA) is 87.2 Å². The second kappa shape index (κ2) is 9.87. The highest BCUT2D eigenvalue weighted by molar-refractivity contribution is 7.99. The summed E-state index contributed by atoms with van der Waals surface area (Å²) in [6.45, 7) is 3.44. The Morgan fingerprint density at radius 1 is 1.19 bits per heavy atom. The largest absolute Gasteiger partial charge is 0.354 e. The van der Waals surface area contributed by atoms with Gasteiger partial charge in [0.25, 0.3) is 0 Å². The molecule has 1 saturated carbocycles. The molecule has 7 nitrogen and oxygen atoms in total. The van der Waals surface area contributed by atoms with Crippen molar-refractivity contribution in [3.05, 3.63) is 40.9 Å². The molecule has 1 aliphatic heterocycles. The van der Waals surface area contributed by atoms with Crippen LogP contribution in [0.15, 0.2) is 35.4 Å². The van der Waals surface area contributed by atoms with E-state index in [1.807, 2.05) is 31.2 Å². The molecule has 1 aromatic carbocycles. The molecule has 2 fully saturated rings. The van der Waals surface area contributed by atoms with Gasteiger partial charge in [0.05, 0.1) is 22.4 Å². The highest BCUT2D eigenvalue weighted by Crippen LogP contribution is 2.27. The lowest BCUT2D eigenvalue weighted by atomic mass is 9.97. The van der Waals surface area contributed by atoms with Crippen molar-refractivity contribution in [2.24, 2.45) is 5.92 Å². The monoisotopic (exact) mass is 459 g/mol. The fourth-order valence-electron chi connectivity index (χ4n) is 3.61. The molecule has 2 aromatic rings. The zero-order valence-electron chi connectivity index (χ0n) is 17.4. The van der Waals surface area contributed by atoms with Gasteiger partial charge in [0, 0.05) is 19.1 Å². The van der Waals surface area contributed by atoms with E-state index in [1.165, 1.54) is 11.8 Å². The van der Waals surface area contributed by atoms with E-state index >= 15 is 0 Å². The zero-order valence-corrected chi connectivity index (χ0v) is 19.0. The van der Waals surface area contributed by atoms with Gasteiger partial charge in [-0.2, -0.15) is 0 Å². The van der Waals surface area contributed by atoms with Crippen molar-refractivity contribution in [2.75, 3.05) is 29.1 Å². The number of aryl methyl sites for hydroxylation is 1. The number of carbonyl (C=O) groups is 2. The van der Waals surface area contributed by atoms with Crippen LogP contribution < -0.4 is 15.5 Å². The minimum absolute atomic E-state index is 0.00200. The quantitative estimate of drug-likeness (QED) is 0.614. The molecule has 0 spiro atoms. The first-order chi connectivity index (χ1) is 15.0. The Morgan fingerprint density at radius 2 is 2.03 bits per heavy atom. The highest BCUT2D eigenvalue weighted by Gasteiger charge is 2.31. The smallest absolute Gasteiger partial charge is 0.234 e. The first-order valence-electron chi connectivity index (χ1n) is 10.6. The second-order valence-electron chi connectivity index (χ2n) is 8.07. The van der Waals surface area contributed by atoms with E-state index in [0.29, 0.717) is 28.3 Å². The maximum absolute atomic E-state index is 12.4. The van der Waals surface area contributed by atoms with E-state index in [4.69, 9.17) is 11.6 Å². The fraction of sp³-hybridized carbons (Fsp3) is 0.455. The number of hydrogen-bond acceptors (Lipinski definition) is 6. The molecule has 4 rings (SSSR count). The number of amides is 2. The summed E-state index contributed by atoms with van der Waals surface area (Å²) in [4.78, 5) is 26.8. The van der Waals surface area contributed by atoms with Crippen LogP contribution in [0.25, 0.3) is 0 Å². The molecule has 2 heterocycles. The number of carbonyl (C=O) groups excluding carboxylic acids is 2. The summed E-state index contributed by atoms with van der Waals surface area (Å²) < 4.78 is 0. The minimum atomic E-state index is -0.146. The van der Waals surface area contributed by atoms with Gasteiger partial charge in [-0.05, 0) is 56.4 Å². The Hall–Kier alpha value is -2.32. The molecule has 1 aliphatic carbocycles. The minimum Gasteiger partial charge on any atom is -0.354 e. The van der Waals surface area contributed by atoms with E-state index in [0.717, 1.165) is 43.6 Å². The number of hydrogen-bond donors (Lipinski definition) is 2. The molecule has 9 heteroatoms. The summed E-state index contributed by atoms with van der Waals surface area (Å²) in [5.41, 5.74) is 1.56. The Morgan fingerprint density at radius 3 is 2.74 bits per heavy atom. The second-order valence-corrected chi connectivity index (χ2v) is 9.47. The molecule has 1 aromatic heterocycles. The molecular weight excluding hydrogens is 434 g/mol. The van der Waals surface area contributed by atoms with Crippen LogP contribution in [-0.4, -0.2) is 46.9 Å². The molecule has 2 aliphatic rings. The van der Waals surface area contributed by atoms with Gasteiger partial charge in [-0.25, -0.2) is 0 Å². The van der Waals surface area contributed by atoms with Crippen LogP contribution in [0.3, 0.4) is 0 Å². The normalized spacial score (nSPS) is 18.5. The van der Waals surface area contributed by atoms with Crippen molar-refractivity contribution in [1.82, 2.24) is 15.5 Å². The van der Waals surface area contributed by atoms with Crippen molar-refractivity contribution >= 4 is 46.7 Å². The van der Waals surface area contributed by atoms with Crippen molar-refractivity contribution in [1.29, 1.82) is 0 Å². The number of thioether (sulfide) groups is 1. The maximum atomic E-state index is 12.4. The molecule has 1 saturated heterocycles. The lowest BCUT2D eigenvalue weighted by molar-refractivity contribution is -0.125. The molecule has 1 atom stereocenters. The Kier molecular flexibility index (Phi) is 6.97. The number of aromatic nitrogens is 2. The Bertz CT molecular complexity index is 931. The molecule has 164 valence electrons. The van der Waals surface area contributed by atoms with Crippen LogP contribution in [-0.2, 0) is 9.59 Å². The first kappa shape index (κ1) is 21.9. The SMILES string of the molecule is Cc1cccc(Cl)c1NC(=O)CSc1ccc(N2CCCC(C(=O)NC3CC3)C2)nn1. The van der Waals surface area contributed by atoms with Gasteiger partial charge < -0.3 is 15.5 Å². The summed E-state index contributed by atoms with van der Waals surface area (Å²) >= 11 is 7.49. The van der Waals surface area contributed by atoms with E-state index < -0.39 is 0 Å². The van der Waals surface area contributed by atoms with Crippen LogP contribution in [0, 0.1) is 12.8 Å². The van der Waals surface area contributed by atoms with Gasteiger partial charge in [-0.15, -0.1) is 10.2 Å². The summed E-state index contributed by atoms with van der Waals surface area (Å²) in [6.07, 6.45) is 4.07. The molecule has 2 amide bonds. The summed E-state index contributed by atoms with van der Waals surface area (Å²) in [7, 11) is 0. The molecular formula is C22H26ClN5O2S. The van der Waals surface area contributed by atoms with Crippen molar-refractivity contribution in [3.8, 4) is 0 Å². The predicted molar refractivity (Wildman–Crippen MR) is 124 cm³/mol.